The van der Waals surface area contributed by atoms with E-state index < -0.39 is 5.79 Å². The molecule has 0 bridgehead atoms. The number of nitrogens with zero attached hydrogens (tertiary/aromatic N) is 1. The van der Waals surface area contributed by atoms with Gasteiger partial charge in [-0.3, -0.25) is 9.78 Å². The van der Waals surface area contributed by atoms with Gasteiger partial charge in [0.2, 0.25) is 0 Å². The van der Waals surface area contributed by atoms with Crippen LogP contribution < -0.4 is 0 Å². The highest BCUT2D eigenvalue weighted by Crippen LogP contribution is 2.38. The van der Waals surface area contributed by atoms with Crippen LogP contribution >= 0.6 is 0 Å². The van der Waals surface area contributed by atoms with Crippen LogP contribution in [-0.2, 0) is 9.47 Å². The van der Waals surface area contributed by atoms with Crippen LogP contribution in [0, 0.1) is 0 Å². The third-order valence-corrected chi connectivity index (χ3v) is 3.52. The van der Waals surface area contributed by atoms with E-state index in [1.54, 1.807) is 18.3 Å². The molecule has 0 unspecified atom stereocenters. The SMILES string of the molecule is O=Cc1cccnc1C1=CCC2(CC1)OCCO2. The number of aromatic nitrogens is 1. The Morgan fingerprint density at radius 2 is 2.17 bits per heavy atom. The Labute approximate surface area is 106 Å². The van der Waals surface area contributed by atoms with Crippen LogP contribution in [0.15, 0.2) is 24.4 Å². The van der Waals surface area contributed by atoms with Gasteiger partial charge in [0.1, 0.15) is 0 Å². The maximum absolute atomic E-state index is 11.0. The average molecular weight is 245 g/mol. The van der Waals surface area contributed by atoms with Crippen molar-refractivity contribution in [3.8, 4) is 0 Å². The molecule has 3 rings (SSSR count). The molecule has 1 saturated heterocycles. The van der Waals surface area contributed by atoms with Gasteiger partial charge < -0.3 is 9.47 Å². The number of aldehydes is 1. The maximum Gasteiger partial charge on any atom is 0.172 e. The van der Waals surface area contributed by atoms with E-state index >= 15 is 0 Å². The summed E-state index contributed by atoms with van der Waals surface area (Å²) in [6, 6.07) is 3.57. The van der Waals surface area contributed by atoms with Crippen molar-refractivity contribution in [1.29, 1.82) is 0 Å². The summed E-state index contributed by atoms with van der Waals surface area (Å²) < 4.78 is 11.3. The minimum atomic E-state index is -0.417. The second-order valence-electron chi connectivity index (χ2n) is 4.60. The largest absolute Gasteiger partial charge is 0.347 e. The van der Waals surface area contributed by atoms with E-state index in [1.807, 2.05) is 0 Å². The van der Waals surface area contributed by atoms with Crippen LogP contribution in [-0.4, -0.2) is 30.3 Å². The molecule has 2 heterocycles. The molecule has 1 aliphatic carbocycles. The van der Waals surface area contributed by atoms with Gasteiger partial charge in [-0.15, -0.1) is 0 Å². The summed E-state index contributed by atoms with van der Waals surface area (Å²) in [6.45, 7) is 1.35. The average Bonchev–Trinajstić information content (AvgIpc) is 2.88. The second-order valence-corrected chi connectivity index (χ2v) is 4.60. The lowest BCUT2D eigenvalue weighted by atomic mass is 9.90. The Bertz CT molecular complexity index is 490. The third kappa shape index (κ3) is 1.98. The van der Waals surface area contributed by atoms with Crippen LogP contribution in [0.3, 0.4) is 0 Å². The van der Waals surface area contributed by atoms with Gasteiger partial charge in [-0.2, -0.15) is 0 Å². The lowest BCUT2D eigenvalue weighted by Gasteiger charge is -2.30. The fourth-order valence-corrected chi connectivity index (χ4v) is 2.56. The number of rotatable bonds is 2. The van der Waals surface area contributed by atoms with Crippen LogP contribution in [0.5, 0.6) is 0 Å². The molecule has 1 aromatic heterocycles. The highest BCUT2D eigenvalue weighted by molar-refractivity contribution is 5.84. The number of hydrogen-bond acceptors (Lipinski definition) is 4. The number of carbonyl (C=O) groups is 1. The van der Waals surface area contributed by atoms with Crippen LogP contribution in [0.1, 0.15) is 35.3 Å². The zero-order chi connectivity index (χ0) is 12.4. The fourth-order valence-electron chi connectivity index (χ4n) is 2.56. The van der Waals surface area contributed by atoms with Crippen molar-refractivity contribution in [3.05, 3.63) is 35.7 Å². The summed E-state index contributed by atoms with van der Waals surface area (Å²) in [5.74, 6) is -0.417. The summed E-state index contributed by atoms with van der Waals surface area (Å²) >= 11 is 0. The van der Waals surface area contributed by atoms with Crippen molar-refractivity contribution in [2.45, 2.75) is 25.0 Å². The monoisotopic (exact) mass is 245 g/mol. The molecule has 18 heavy (non-hydrogen) atoms. The quantitative estimate of drug-likeness (QED) is 0.749. The van der Waals surface area contributed by atoms with Crippen molar-refractivity contribution in [2.24, 2.45) is 0 Å². The first-order valence-electron chi connectivity index (χ1n) is 6.20. The summed E-state index contributed by atoms with van der Waals surface area (Å²) in [5.41, 5.74) is 2.55. The van der Waals surface area contributed by atoms with Crippen molar-refractivity contribution in [3.63, 3.8) is 0 Å². The number of pyridine rings is 1. The lowest BCUT2D eigenvalue weighted by molar-refractivity contribution is -0.159. The molecule has 4 nitrogen and oxygen atoms in total. The van der Waals surface area contributed by atoms with Gasteiger partial charge in [-0.1, -0.05) is 6.08 Å². The molecule has 1 aliphatic heterocycles. The van der Waals surface area contributed by atoms with Crippen LogP contribution in [0.4, 0.5) is 0 Å². The molecule has 2 aliphatic rings. The van der Waals surface area contributed by atoms with E-state index in [-0.39, 0.29) is 0 Å². The standard InChI is InChI=1S/C14H15NO3/c16-10-12-2-1-7-15-13(12)11-3-5-14(6-4-11)17-8-9-18-14/h1-3,7,10H,4-6,8-9H2. The summed E-state index contributed by atoms with van der Waals surface area (Å²) in [6.07, 6.45) is 7.05. The van der Waals surface area contributed by atoms with E-state index in [1.165, 1.54) is 0 Å². The van der Waals surface area contributed by atoms with Gasteiger partial charge in [0.05, 0.1) is 18.9 Å². The molecule has 94 valence electrons. The minimum Gasteiger partial charge on any atom is -0.347 e. The molecular weight excluding hydrogens is 230 g/mol. The smallest absolute Gasteiger partial charge is 0.172 e. The van der Waals surface area contributed by atoms with Crippen molar-refractivity contribution in [2.75, 3.05) is 13.2 Å². The lowest BCUT2D eigenvalue weighted by Crippen LogP contribution is -2.31. The molecule has 0 aromatic carbocycles. The van der Waals surface area contributed by atoms with Crippen LogP contribution in [0.2, 0.25) is 0 Å². The Hall–Kier alpha value is -1.52. The van der Waals surface area contributed by atoms with Gasteiger partial charge in [0.15, 0.2) is 12.1 Å². The molecule has 1 aromatic rings. The highest BCUT2D eigenvalue weighted by atomic mass is 16.7. The molecular formula is C14H15NO3. The van der Waals surface area contributed by atoms with Gasteiger partial charge in [0.25, 0.3) is 0 Å². The first-order valence-corrected chi connectivity index (χ1v) is 6.20. The van der Waals surface area contributed by atoms with Gasteiger partial charge in [-0.05, 0) is 24.1 Å². The van der Waals surface area contributed by atoms with Gasteiger partial charge in [0, 0.05) is 24.6 Å². The first-order chi connectivity index (χ1) is 8.83. The van der Waals surface area contributed by atoms with Gasteiger partial charge >= 0.3 is 0 Å². The predicted octanol–water partition coefficient (Wildman–Crippen LogP) is 2.20. The number of allylic oxidation sites excluding steroid dienone is 1. The molecule has 0 saturated carbocycles. The Kier molecular flexibility index (Phi) is 2.97. The van der Waals surface area contributed by atoms with Crippen molar-refractivity contribution in [1.82, 2.24) is 4.98 Å². The number of ether oxygens (including phenoxy) is 2. The molecule has 0 amide bonds. The fraction of sp³-hybridized carbons (Fsp3) is 0.429. The summed E-state index contributed by atoms with van der Waals surface area (Å²) in [7, 11) is 0. The Morgan fingerprint density at radius 1 is 1.33 bits per heavy atom. The molecule has 0 atom stereocenters. The Balaban J connectivity index is 1.86. The first kappa shape index (κ1) is 11.6. The van der Waals surface area contributed by atoms with Crippen molar-refractivity contribution < 1.29 is 14.3 Å². The number of carbonyl (C=O) groups excluding carboxylic acids is 1. The van der Waals surface area contributed by atoms with E-state index in [2.05, 4.69) is 11.1 Å². The van der Waals surface area contributed by atoms with Gasteiger partial charge in [-0.25, -0.2) is 0 Å². The normalized spacial score (nSPS) is 21.9. The highest BCUT2D eigenvalue weighted by Gasteiger charge is 2.38. The van der Waals surface area contributed by atoms with E-state index in [9.17, 15) is 4.79 Å². The topological polar surface area (TPSA) is 48.4 Å². The molecule has 1 fully saturated rings. The number of hydrogen-bond donors (Lipinski definition) is 0. The minimum absolute atomic E-state index is 0.417. The molecule has 4 heteroatoms. The molecule has 0 radical (unpaired) electrons. The molecule has 0 N–H and O–H groups in total. The van der Waals surface area contributed by atoms with E-state index in [0.29, 0.717) is 18.8 Å². The third-order valence-electron chi connectivity index (χ3n) is 3.52. The van der Waals surface area contributed by atoms with E-state index in [0.717, 1.165) is 36.8 Å². The second kappa shape index (κ2) is 4.63. The van der Waals surface area contributed by atoms with Crippen molar-refractivity contribution >= 4 is 11.9 Å². The zero-order valence-corrected chi connectivity index (χ0v) is 10.1. The maximum atomic E-state index is 11.0. The predicted molar refractivity (Wildman–Crippen MR) is 66.1 cm³/mol. The van der Waals surface area contributed by atoms with Crippen LogP contribution in [0.25, 0.3) is 5.57 Å². The zero-order valence-electron chi connectivity index (χ0n) is 10.1. The molecule has 1 spiro atoms. The summed E-state index contributed by atoms with van der Waals surface area (Å²) in [4.78, 5) is 15.3. The van der Waals surface area contributed by atoms with E-state index in [4.69, 9.17) is 9.47 Å². The summed E-state index contributed by atoms with van der Waals surface area (Å²) in [5, 5.41) is 0. The Morgan fingerprint density at radius 3 is 2.83 bits per heavy atom.